The summed E-state index contributed by atoms with van der Waals surface area (Å²) in [5, 5.41) is 0. The molecule has 0 aliphatic rings. The topological polar surface area (TPSA) is 63.8 Å². The number of primary amides is 1. The number of benzene rings is 1. The lowest BCUT2D eigenvalue weighted by Crippen LogP contribution is -2.11. The fourth-order valence-corrected chi connectivity index (χ4v) is 2.21. The Kier molecular flexibility index (Phi) is 3.28. The Bertz CT molecular complexity index is 612. The third-order valence-electron chi connectivity index (χ3n) is 2.73. The van der Waals surface area contributed by atoms with Crippen LogP contribution >= 0.6 is 12.2 Å². The van der Waals surface area contributed by atoms with Gasteiger partial charge in [0.1, 0.15) is 0 Å². The molecule has 2 aromatic rings. The van der Waals surface area contributed by atoms with Gasteiger partial charge in [-0.1, -0.05) is 6.07 Å². The summed E-state index contributed by atoms with van der Waals surface area (Å²) in [7, 11) is 0. The van der Waals surface area contributed by atoms with Gasteiger partial charge in [0.05, 0.1) is 11.0 Å². The minimum atomic E-state index is -0.271. The van der Waals surface area contributed by atoms with Crippen LogP contribution in [0, 0.1) is 11.7 Å². The van der Waals surface area contributed by atoms with Crippen molar-refractivity contribution < 1.29 is 4.79 Å². The van der Waals surface area contributed by atoms with Gasteiger partial charge in [0.25, 0.3) is 0 Å². The molecule has 0 bridgehead atoms. The number of H-pyrrole nitrogens is 1. The lowest BCUT2D eigenvalue weighted by molar-refractivity contribution is -0.118. The number of imidazole rings is 1. The lowest BCUT2D eigenvalue weighted by Gasteiger charge is -2.03. The van der Waals surface area contributed by atoms with Gasteiger partial charge >= 0.3 is 0 Å². The molecule has 0 saturated heterocycles. The first-order chi connectivity index (χ1) is 8.08. The number of rotatable bonds is 4. The number of nitrogens with one attached hydrogen (secondary N) is 1. The maximum atomic E-state index is 10.7. The predicted molar refractivity (Wildman–Crippen MR) is 70.3 cm³/mol. The van der Waals surface area contributed by atoms with Crippen LogP contribution in [0.5, 0.6) is 0 Å². The SMILES string of the molecule is Cc1ccc2c(c1)[nH]c(=S)n2CCCC(N)=O. The third kappa shape index (κ3) is 2.55. The van der Waals surface area contributed by atoms with Crippen LogP contribution in [0.15, 0.2) is 18.2 Å². The average molecular weight is 249 g/mol. The van der Waals surface area contributed by atoms with Crippen LogP contribution in [0.3, 0.4) is 0 Å². The lowest BCUT2D eigenvalue weighted by atomic mass is 10.2. The molecule has 0 fully saturated rings. The number of hydrogen-bond acceptors (Lipinski definition) is 2. The van der Waals surface area contributed by atoms with E-state index in [1.807, 2.05) is 17.6 Å². The van der Waals surface area contributed by atoms with Crippen molar-refractivity contribution in [2.45, 2.75) is 26.3 Å². The van der Waals surface area contributed by atoms with Crippen LogP contribution in [0.2, 0.25) is 0 Å². The molecule has 1 heterocycles. The van der Waals surface area contributed by atoms with E-state index in [1.165, 1.54) is 5.56 Å². The Morgan fingerprint density at radius 3 is 3.00 bits per heavy atom. The molecule has 0 spiro atoms. The van der Waals surface area contributed by atoms with E-state index in [9.17, 15) is 4.79 Å². The zero-order valence-electron chi connectivity index (χ0n) is 9.69. The quantitative estimate of drug-likeness (QED) is 0.816. The molecule has 2 rings (SSSR count). The highest BCUT2D eigenvalue weighted by Gasteiger charge is 2.04. The maximum absolute atomic E-state index is 10.7. The molecule has 1 aromatic heterocycles. The van der Waals surface area contributed by atoms with Crippen molar-refractivity contribution in [1.82, 2.24) is 9.55 Å². The third-order valence-corrected chi connectivity index (χ3v) is 3.06. The fourth-order valence-electron chi connectivity index (χ4n) is 1.91. The molecule has 4 nitrogen and oxygen atoms in total. The number of hydrogen-bond donors (Lipinski definition) is 2. The van der Waals surface area contributed by atoms with Crippen molar-refractivity contribution in [2.75, 3.05) is 0 Å². The molecule has 0 saturated carbocycles. The first-order valence-corrected chi connectivity index (χ1v) is 5.96. The average Bonchev–Trinajstić information content (AvgIpc) is 2.54. The summed E-state index contributed by atoms with van der Waals surface area (Å²) in [4.78, 5) is 13.9. The van der Waals surface area contributed by atoms with Gasteiger partial charge in [-0.15, -0.1) is 0 Å². The molecule has 0 aliphatic heterocycles. The van der Waals surface area contributed by atoms with E-state index in [0.29, 0.717) is 24.2 Å². The van der Waals surface area contributed by atoms with Gasteiger partial charge < -0.3 is 15.3 Å². The molecular formula is C12H15N3OS. The second kappa shape index (κ2) is 4.71. The fraction of sp³-hybridized carbons (Fsp3) is 0.333. The van der Waals surface area contributed by atoms with Crippen molar-refractivity contribution in [3.05, 3.63) is 28.5 Å². The van der Waals surface area contributed by atoms with Crippen LogP contribution in [-0.4, -0.2) is 15.5 Å². The Labute approximate surface area is 104 Å². The van der Waals surface area contributed by atoms with Crippen LogP contribution in [0.25, 0.3) is 11.0 Å². The first-order valence-electron chi connectivity index (χ1n) is 5.55. The van der Waals surface area contributed by atoms with Crippen molar-refractivity contribution in [2.24, 2.45) is 5.73 Å². The van der Waals surface area contributed by atoms with Crippen molar-refractivity contribution in [3.8, 4) is 0 Å². The Morgan fingerprint density at radius 1 is 1.53 bits per heavy atom. The molecule has 0 aliphatic carbocycles. The highest BCUT2D eigenvalue weighted by atomic mass is 32.1. The molecule has 1 aromatic carbocycles. The second-order valence-electron chi connectivity index (χ2n) is 4.17. The summed E-state index contributed by atoms with van der Waals surface area (Å²) >= 11 is 5.27. The number of nitrogens with zero attached hydrogens (tertiary/aromatic N) is 1. The van der Waals surface area contributed by atoms with E-state index in [1.54, 1.807) is 0 Å². The van der Waals surface area contributed by atoms with Crippen LogP contribution in [-0.2, 0) is 11.3 Å². The number of carbonyl (C=O) groups excluding carboxylic acids is 1. The van der Waals surface area contributed by atoms with Crippen LogP contribution in [0.4, 0.5) is 0 Å². The summed E-state index contributed by atoms with van der Waals surface area (Å²) in [5.41, 5.74) is 8.42. The van der Waals surface area contributed by atoms with E-state index in [-0.39, 0.29) is 5.91 Å². The van der Waals surface area contributed by atoms with Gasteiger partial charge in [-0.05, 0) is 43.3 Å². The van der Waals surface area contributed by atoms with Crippen LogP contribution < -0.4 is 5.73 Å². The van der Waals surface area contributed by atoms with E-state index < -0.39 is 0 Å². The molecule has 0 radical (unpaired) electrons. The minimum Gasteiger partial charge on any atom is -0.370 e. The number of carbonyl (C=O) groups is 1. The molecule has 0 unspecified atom stereocenters. The first kappa shape index (κ1) is 11.9. The highest BCUT2D eigenvalue weighted by molar-refractivity contribution is 7.71. The number of fused-ring (bicyclic) bond motifs is 1. The summed E-state index contributed by atoms with van der Waals surface area (Å²) in [6.45, 7) is 2.76. The molecule has 90 valence electrons. The number of aromatic amines is 1. The highest BCUT2D eigenvalue weighted by Crippen LogP contribution is 2.16. The molecule has 1 amide bonds. The largest absolute Gasteiger partial charge is 0.370 e. The van der Waals surface area contributed by atoms with Gasteiger partial charge in [0.15, 0.2) is 4.77 Å². The Morgan fingerprint density at radius 2 is 2.29 bits per heavy atom. The van der Waals surface area contributed by atoms with E-state index in [0.717, 1.165) is 11.0 Å². The van der Waals surface area contributed by atoms with Gasteiger partial charge in [0, 0.05) is 13.0 Å². The summed E-state index contributed by atoms with van der Waals surface area (Å²) < 4.78 is 2.70. The number of amides is 1. The molecule has 0 atom stereocenters. The maximum Gasteiger partial charge on any atom is 0.217 e. The van der Waals surface area contributed by atoms with Gasteiger partial charge in [0.2, 0.25) is 5.91 Å². The van der Waals surface area contributed by atoms with Gasteiger partial charge in [-0.2, -0.15) is 0 Å². The number of aryl methyl sites for hydroxylation is 2. The second-order valence-corrected chi connectivity index (χ2v) is 4.56. The molecule has 5 heteroatoms. The summed E-state index contributed by atoms with van der Waals surface area (Å²) in [6.07, 6.45) is 1.10. The molecular weight excluding hydrogens is 234 g/mol. The minimum absolute atomic E-state index is 0.271. The number of aromatic nitrogens is 2. The monoisotopic (exact) mass is 249 g/mol. The number of nitrogens with two attached hydrogens (primary N) is 1. The smallest absolute Gasteiger partial charge is 0.217 e. The predicted octanol–water partition coefficient (Wildman–Crippen LogP) is 2.27. The van der Waals surface area contributed by atoms with Gasteiger partial charge in [-0.3, -0.25) is 4.79 Å². The summed E-state index contributed by atoms with van der Waals surface area (Å²) in [6, 6.07) is 6.16. The Balaban J connectivity index is 2.30. The Hall–Kier alpha value is -1.62. The van der Waals surface area contributed by atoms with E-state index >= 15 is 0 Å². The zero-order chi connectivity index (χ0) is 12.4. The van der Waals surface area contributed by atoms with E-state index in [4.69, 9.17) is 18.0 Å². The standard InChI is InChI=1S/C12H15N3OS/c1-8-4-5-10-9(7-8)14-12(17)15(10)6-2-3-11(13)16/h4-5,7H,2-3,6H2,1H3,(H2,13,16)(H,14,17). The zero-order valence-corrected chi connectivity index (χ0v) is 10.5. The van der Waals surface area contributed by atoms with Crippen molar-refractivity contribution in [1.29, 1.82) is 0 Å². The van der Waals surface area contributed by atoms with E-state index in [2.05, 4.69) is 17.1 Å². The molecule has 3 N–H and O–H groups in total. The molecule has 17 heavy (non-hydrogen) atoms. The van der Waals surface area contributed by atoms with Crippen molar-refractivity contribution in [3.63, 3.8) is 0 Å². The van der Waals surface area contributed by atoms with Crippen LogP contribution in [0.1, 0.15) is 18.4 Å². The normalized spacial score (nSPS) is 10.9. The van der Waals surface area contributed by atoms with Crippen molar-refractivity contribution >= 4 is 29.2 Å². The van der Waals surface area contributed by atoms with Gasteiger partial charge in [-0.25, -0.2) is 0 Å². The summed E-state index contributed by atoms with van der Waals surface area (Å²) in [5.74, 6) is -0.271.